The molecule has 0 aliphatic carbocycles. The van der Waals surface area contributed by atoms with E-state index in [1.807, 2.05) is 20.8 Å². The molecule has 0 saturated carbocycles. The molecule has 0 aromatic heterocycles. The molecule has 1 rings (SSSR count). The first-order valence-electron chi connectivity index (χ1n) is 7.75. The van der Waals surface area contributed by atoms with Crippen molar-refractivity contribution in [3.63, 3.8) is 0 Å². The molecule has 1 aliphatic heterocycles. The normalized spacial score (nSPS) is 20.8. The summed E-state index contributed by atoms with van der Waals surface area (Å²) in [6.45, 7) is 10.2. The molecule has 22 heavy (non-hydrogen) atoms. The molecule has 0 aromatic carbocycles. The van der Waals surface area contributed by atoms with E-state index in [4.69, 9.17) is 15.3 Å². The van der Waals surface area contributed by atoms with Gasteiger partial charge in [0.25, 0.3) is 0 Å². The van der Waals surface area contributed by atoms with Crippen LogP contribution >= 0.6 is 0 Å². The molecule has 1 heterocycles. The molecule has 0 unspecified atom stereocenters. The van der Waals surface area contributed by atoms with Gasteiger partial charge in [-0.05, 0) is 34.1 Å². The second-order valence-electron chi connectivity index (χ2n) is 6.79. The molecule has 1 amide bonds. The summed E-state index contributed by atoms with van der Waals surface area (Å²) in [5, 5.41) is 17.8. The van der Waals surface area contributed by atoms with Crippen molar-refractivity contribution in [1.82, 2.24) is 9.80 Å². The Labute approximate surface area is 133 Å². The summed E-state index contributed by atoms with van der Waals surface area (Å²) in [6, 6.07) is 4.54. The number of piperazine rings is 1. The molecule has 1 aliphatic rings. The van der Waals surface area contributed by atoms with Crippen molar-refractivity contribution >= 4 is 6.09 Å². The second kappa shape index (κ2) is 8.00. The molecule has 1 saturated heterocycles. The monoisotopic (exact) mass is 306 g/mol. The third-order valence-electron chi connectivity index (χ3n) is 3.66. The molecule has 0 radical (unpaired) electrons. The summed E-state index contributed by atoms with van der Waals surface area (Å²) in [7, 11) is 0. The number of ether oxygens (including phenoxy) is 1. The van der Waals surface area contributed by atoms with E-state index in [9.17, 15) is 4.79 Å². The van der Waals surface area contributed by atoms with Crippen LogP contribution < -0.4 is 0 Å². The summed E-state index contributed by atoms with van der Waals surface area (Å²) in [6.07, 6.45) is 0.733. The van der Waals surface area contributed by atoms with Crippen molar-refractivity contribution in [3.05, 3.63) is 0 Å². The maximum atomic E-state index is 12.1. The van der Waals surface area contributed by atoms with Crippen molar-refractivity contribution in [2.24, 2.45) is 5.92 Å². The Balaban J connectivity index is 2.51. The number of amides is 1. The number of carbonyl (C=O) groups excluding carboxylic acids is 1. The first-order chi connectivity index (χ1) is 10.3. The van der Waals surface area contributed by atoms with Crippen LogP contribution in [-0.4, -0.2) is 53.7 Å². The van der Waals surface area contributed by atoms with Crippen LogP contribution in [-0.2, 0) is 4.74 Å². The SMILES string of the molecule is C[C@H]1CN(C(=O)OC(C)(C)C)CCN1C[C@H](C#N)CCC#N. The van der Waals surface area contributed by atoms with E-state index in [1.165, 1.54) is 0 Å². The zero-order valence-electron chi connectivity index (χ0n) is 14.0. The third-order valence-corrected chi connectivity index (χ3v) is 3.66. The number of nitrogens with zero attached hydrogens (tertiary/aromatic N) is 4. The zero-order valence-corrected chi connectivity index (χ0v) is 14.0. The van der Waals surface area contributed by atoms with Gasteiger partial charge in [0.2, 0.25) is 0 Å². The predicted octanol–water partition coefficient (Wildman–Crippen LogP) is 2.37. The van der Waals surface area contributed by atoms with Crippen molar-refractivity contribution in [2.45, 2.75) is 52.2 Å². The number of nitriles is 2. The van der Waals surface area contributed by atoms with Gasteiger partial charge in [0.15, 0.2) is 0 Å². The van der Waals surface area contributed by atoms with Gasteiger partial charge in [-0.25, -0.2) is 4.79 Å². The van der Waals surface area contributed by atoms with Gasteiger partial charge in [-0.3, -0.25) is 4.90 Å². The maximum absolute atomic E-state index is 12.1. The van der Waals surface area contributed by atoms with Crippen LogP contribution in [0, 0.1) is 28.6 Å². The molecule has 0 N–H and O–H groups in total. The molecular weight excluding hydrogens is 280 g/mol. The van der Waals surface area contributed by atoms with Crippen LogP contribution in [0.25, 0.3) is 0 Å². The quantitative estimate of drug-likeness (QED) is 0.796. The average Bonchev–Trinajstić information content (AvgIpc) is 2.43. The van der Waals surface area contributed by atoms with Gasteiger partial charge in [-0.2, -0.15) is 10.5 Å². The molecule has 6 nitrogen and oxygen atoms in total. The van der Waals surface area contributed by atoms with Crippen LogP contribution in [0.1, 0.15) is 40.5 Å². The smallest absolute Gasteiger partial charge is 0.410 e. The van der Waals surface area contributed by atoms with E-state index in [1.54, 1.807) is 4.90 Å². The van der Waals surface area contributed by atoms with Gasteiger partial charge in [0.1, 0.15) is 5.60 Å². The minimum atomic E-state index is -0.485. The largest absolute Gasteiger partial charge is 0.444 e. The molecule has 0 aromatic rings. The Hall–Kier alpha value is -1.79. The Kier molecular flexibility index (Phi) is 6.64. The maximum Gasteiger partial charge on any atom is 0.410 e. The highest BCUT2D eigenvalue weighted by Crippen LogP contribution is 2.17. The Bertz CT molecular complexity index is 458. The number of carbonyl (C=O) groups is 1. The highest BCUT2D eigenvalue weighted by molar-refractivity contribution is 5.68. The number of rotatable bonds is 4. The van der Waals surface area contributed by atoms with Crippen molar-refractivity contribution in [2.75, 3.05) is 26.2 Å². The van der Waals surface area contributed by atoms with Crippen LogP contribution in [0.15, 0.2) is 0 Å². The lowest BCUT2D eigenvalue weighted by atomic mass is 10.0. The molecule has 6 heteroatoms. The predicted molar refractivity (Wildman–Crippen MR) is 82.8 cm³/mol. The average molecular weight is 306 g/mol. The Morgan fingerprint density at radius 1 is 1.36 bits per heavy atom. The lowest BCUT2D eigenvalue weighted by Gasteiger charge is -2.40. The van der Waals surface area contributed by atoms with E-state index in [-0.39, 0.29) is 18.1 Å². The van der Waals surface area contributed by atoms with E-state index >= 15 is 0 Å². The summed E-state index contributed by atoms with van der Waals surface area (Å²) in [5.74, 6) is -0.129. The summed E-state index contributed by atoms with van der Waals surface area (Å²) < 4.78 is 5.40. The molecule has 2 atom stereocenters. The summed E-state index contributed by atoms with van der Waals surface area (Å²) >= 11 is 0. The zero-order chi connectivity index (χ0) is 16.8. The van der Waals surface area contributed by atoms with Crippen LogP contribution in [0.4, 0.5) is 4.79 Å². The number of hydrogen-bond donors (Lipinski definition) is 0. The van der Waals surface area contributed by atoms with E-state index in [0.717, 1.165) is 6.54 Å². The first kappa shape index (κ1) is 18.3. The Morgan fingerprint density at radius 3 is 2.55 bits per heavy atom. The van der Waals surface area contributed by atoms with Gasteiger partial charge in [0, 0.05) is 38.6 Å². The van der Waals surface area contributed by atoms with E-state index < -0.39 is 5.60 Å². The lowest BCUT2D eigenvalue weighted by Crippen LogP contribution is -2.55. The Morgan fingerprint density at radius 2 is 2.05 bits per heavy atom. The van der Waals surface area contributed by atoms with Crippen molar-refractivity contribution in [1.29, 1.82) is 10.5 Å². The van der Waals surface area contributed by atoms with Crippen LogP contribution in [0.5, 0.6) is 0 Å². The van der Waals surface area contributed by atoms with Crippen LogP contribution in [0.2, 0.25) is 0 Å². The second-order valence-corrected chi connectivity index (χ2v) is 6.79. The molecular formula is C16H26N4O2. The first-order valence-corrected chi connectivity index (χ1v) is 7.75. The van der Waals surface area contributed by atoms with Crippen molar-refractivity contribution < 1.29 is 9.53 Å². The van der Waals surface area contributed by atoms with E-state index in [2.05, 4.69) is 24.0 Å². The molecule has 0 bridgehead atoms. The van der Waals surface area contributed by atoms with Gasteiger partial charge in [-0.1, -0.05) is 0 Å². The minimum absolute atomic E-state index is 0.129. The van der Waals surface area contributed by atoms with E-state index in [0.29, 0.717) is 32.5 Å². The highest BCUT2D eigenvalue weighted by atomic mass is 16.6. The van der Waals surface area contributed by atoms with Crippen molar-refractivity contribution in [3.8, 4) is 12.1 Å². The fraction of sp³-hybridized carbons (Fsp3) is 0.812. The lowest BCUT2D eigenvalue weighted by molar-refractivity contribution is 0.00449. The topological polar surface area (TPSA) is 80.4 Å². The fourth-order valence-corrected chi connectivity index (χ4v) is 2.48. The van der Waals surface area contributed by atoms with Gasteiger partial charge in [0.05, 0.1) is 18.1 Å². The third kappa shape index (κ3) is 5.91. The molecule has 122 valence electrons. The van der Waals surface area contributed by atoms with Gasteiger partial charge >= 0.3 is 6.09 Å². The highest BCUT2D eigenvalue weighted by Gasteiger charge is 2.30. The standard InChI is InChI=1S/C16H26N4O2/c1-13-11-20(15(21)22-16(2,3)4)9-8-19(13)12-14(10-18)6-5-7-17/h13-14H,5-6,8-9,11-12H2,1-4H3/t13-,14-/m0/s1. The summed E-state index contributed by atoms with van der Waals surface area (Å²) in [5.41, 5.74) is -0.485. The number of hydrogen-bond acceptors (Lipinski definition) is 5. The molecule has 0 spiro atoms. The van der Waals surface area contributed by atoms with Gasteiger partial charge in [-0.15, -0.1) is 0 Å². The molecule has 1 fully saturated rings. The minimum Gasteiger partial charge on any atom is -0.444 e. The summed E-state index contributed by atoms with van der Waals surface area (Å²) in [4.78, 5) is 16.0. The van der Waals surface area contributed by atoms with Crippen LogP contribution in [0.3, 0.4) is 0 Å². The van der Waals surface area contributed by atoms with Gasteiger partial charge < -0.3 is 9.64 Å². The fourth-order valence-electron chi connectivity index (χ4n) is 2.48.